The second kappa shape index (κ2) is 6.04. The van der Waals surface area contributed by atoms with Crippen LogP contribution in [0.2, 0.25) is 0 Å². The van der Waals surface area contributed by atoms with Gasteiger partial charge in [-0.2, -0.15) is 5.10 Å². The number of benzene rings is 1. The minimum Gasteiger partial charge on any atom is -0.334 e. The molecule has 2 amide bonds. The van der Waals surface area contributed by atoms with Gasteiger partial charge in [0.25, 0.3) is 0 Å². The van der Waals surface area contributed by atoms with E-state index in [4.69, 9.17) is 0 Å². The molecule has 19 heavy (non-hydrogen) atoms. The molecule has 0 radical (unpaired) electrons. The van der Waals surface area contributed by atoms with Crippen molar-refractivity contribution in [1.82, 2.24) is 20.4 Å². The zero-order valence-electron chi connectivity index (χ0n) is 11.2. The van der Waals surface area contributed by atoms with Crippen molar-refractivity contribution in [3.8, 4) is 11.3 Å². The zero-order chi connectivity index (χ0) is 13.7. The summed E-state index contributed by atoms with van der Waals surface area (Å²) in [7, 11) is 1.77. The molecule has 0 aliphatic carbocycles. The Hall–Kier alpha value is -2.30. The van der Waals surface area contributed by atoms with E-state index in [1.807, 2.05) is 37.3 Å². The SMILES string of the molecule is CCN(C)C(=O)NCc1ccc(-c2ccn[nH]2)cc1. The Bertz CT molecular complexity index is 519. The van der Waals surface area contributed by atoms with Crippen LogP contribution in [0.4, 0.5) is 4.79 Å². The van der Waals surface area contributed by atoms with Gasteiger partial charge in [-0.25, -0.2) is 4.79 Å². The standard InChI is InChI=1S/C14H18N4O/c1-3-18(2)14(19)15-10-11-4-6-12(7-5-11)13-8-9-16-17-13/h4-9H,3,10H2,1-2H3,(H,15,19)(H,16,17). The third-order valence-corrected chi connectivity index (χ3v) is 3.03. The van der Waals surface area contributed by atoms with E-state index in [1.165, 1.54) is 0 Å². The number of nitrogens with zero attached hydrogens (tertiary/aromatic N) is 2. The largest absolute Gasteiger partial charge is 0.334 e. The maximum Gasteiger partial charge on any atom is 0.317 e. The van der Waals surface area contributed by atoms with Gasteiger partial charge < -0.3 is 10.2 Å². The molecule has 2 N–H and O–H groups in total. The summed E-state index contributed by atoms with van der Waals surface area (Å²) < 4.78 is 0. The molecular weight excluding hydrogens is 240 g/mol. The Morgan fingerprint density at radius 3 is 2.63 bits per heavy atom. The lowest BCUT2D eigenvalue weighted by Crippen LogP contribution is -2.36. The predicted octanol–water partition coefficient (Wildman–Crippen LogP) is 2.24. The van der Waals surface area contributed by atoms with Crippen LogP contribution in [0.5, 0.6) is 0 Å². The number of hydrogen-bond donors (Lipinski definition) is 2. The topological polar surface area (TPSA) is 61.0 Å². The molecule has 1 aromatic carbocycles. The summed E-state index contributed by atoms with van der Waals surface area (Å²) in [6, 6.07) is 9.90. The van der Waals surface area contributed by atoms with Gasteiger partial charge in [0.1, 0.15) is 0 Å². The smallest absolute Gasteiger partial charge is 0.317 e. The molecule has 0 saturated heterocycles. The van der Waals surface area contributed by atoms with Crippen LogP contribution in [0.3, 0.4) is 0 Å². The van der Waals surface area contributed by atoms with Gasteiger partial charge in [-0.3, -0.25) is 5.10 Å². The van der Waals surface area contributed by atoms with E-state index < -0.39 is 0 Å². The second-order valence-electron chi connectivity index (χ2n) is 4.34. The molecule has 0 unspecified atom stereocenters. The minimum absolute atomic E-state index is 0.0554. The first kappa shape index (κ1) is 13.1. The van der Waals surface area contributed by atoms with E-state index in [0.717, 1.165) is 16.8 Å². The number of urea groups is 1. The van der Waals surface area contributed by atoms with Crippen LogP contribution >= 0.6 is 0 Å². The molecule has 0 saturated carbocycles. The van der Waals surface area contributed by atoms with Crippen molar-refractivity contribution in [3.63, 3.8) is 0 Å². The molecule has 1 aromatic heterocycles. The van der Waals surface area contributed by atoms with Gasteiger partial charge in [0.15, 0.2) is 0 Å². The minimum atomic E-state index is -0.0554. The lowest BCUT2D eigenvalue weighted by Gasteiger charge is -2.15. The number of nitrogens with one attached hydrogen (secondary N) is 2. The average Bonchev–Trinajstić information content (AvgIpc) is 2.98. The normalized spacial score (nSPS) is 10.2. The second-order valence-corrected chi connectivity index (χ2v) is 4.34. The summed E-state index contributed by atoms with van der Waals surface area (Å²) in [4.78, 5) is 13.2. The lowest BCUT2D eigenvalue weighted by molar-refractivity contribution is 0.210. The molecule has 5 nitrogen and oxygen atoms in total. The van der Waals surface area contributed by atoms with Gasteiger partial charge in [0, 0.05) is 26.3 Å². The highest BCUT2D eigenvalue weighted by atomic mass is 16.2. The molecule has 0 atom stereocenters. The number of aromatic amines is 1. The van der Waals surface area contributed by atoms with Crippen molar-refractivity contribution in [2.75, 3.05) is 13.6 Å². The summed E-state index contributed by atoms with van der Waals surface area (Å²) in [5.41, 5.74) is 3.14. The number of aromatic nitrogens is 2. The van der Waals surface area contributed by atoms with Gasteiger partial charge in [0.05, 0.1) is 5.69 Å². The van der Waals surface area contributed by atoms with Gasteiger partial charge in [-0.05, 0) is 24.1 Å². The molecule has 1 heterocycles. The highest BCUT2D eigenvalue weighted by Gasteiger charge is 2.05. The maximum absolute atomic E-state index is 11.6. The third-order valence-electron chi connectivity index (χ3n) is 3.03. The molecule has 0 bridgehead atoms. The first-order valence-corrected chi connectivity index (χ1v) is 6.28. The van der Waals surface area contributed by atoms with E-state index in [-0.39, 0.29) is 6.03 Å². The van der Waals surface area contributed by atoms with Crippen LogP contribution in [-0.4, -0.2) is 34.7 Å². The summed E-state index contributed by atoms with van der Waals surface area (Å²) in [5.74, 6) is 0. The number of rotatable bonds is 4. The molecule has 5 heteroatoms. The molecule has 0 spiro atoms. The van der Waals surface area contributed by atoms with Crippen LogP contribution < -0.4 is 5.32 Å². The number of carbonyl (C=O) groups excluding carboxylic acids is 1. The van der Waals surface area contributed by atoms with Crippen LogP contribution in [0.25, 0.3) is 11.3 Å². The predicted molar refractivity (Wildman–Crippen MR) is 74.6 cm³/mol. The molecule has 0 aliphatic rings. The van der Waals surface area contributed by atoms with E-state index in [2.05, 4.69) is 15.5 Å². The van der Waals surface area contributed by atoms with Gasteiger partial charge >= 0.3 is 6.03 Å². The summed E-state index contributed by atoms with van der Waals surface area (Å²) in [6.45, 7) is 3.18. The van der Waals surface area contributed by atoms with Crippen LogP contribution in [-0.2, 0) is 6.54 Å². The Morgan fingerprint density at radius 2 is 2.05 bits per heavy atom. The number of H-pyrrole nitrogens is 1. The van der Waals surface area contributed by atoms with Crippen molar-refractivity contribution in [1.29, 1.82) is 0 Å². The number of amides is 2. The van der Waals surface area contributed by atoms with E-state index in [9.17, 15) is 4.79 Å². The summed E-state index contributed by atoms with van der Waals surface area (Å²) >= 11 is 0. The Morgan fingerprint density at radius 1 is 1.32 bits per heavy atom. The highest BCUT2D eigenvalue weighted by Crippen LogP contribution is 2.16. The molecule has 100 valence electrons. The fourth-order valence-electron chi connectivity index (χ4n) is 1.68. The average molecular weight is 258 g/mol. The Kier molecular flexibility index (Phi) is 4.18. The van der Waals surface area contributed by atoms with Gasteiger partial charge in [-0.1, -0.05) is 24.3 Å². The Balaban J connectivity index is 1.94. The fraction of sp³-hybridized carbons (Fsp3) is 0.286. The molecule has 0 aliphatic heterocycles. The van der Waals surface area contributed by atoms with E-state index in [1.54, 1.807) is 18.1 Å². The summed E-state index contributed by atoms with van der Waals surface area (Å²) in [5, 5.41) is 9.71. The van der Waals surface area contributed by atoms with Crippen molar-refractivity contribution in [3.05, 3.63) is 42.1 Å². The van der Waals surface area contributed by atoms with Gasteiger partial charge in [-0.15, -0.1) is 0 Å². The van der Waals surface area contributed by atoms with Crippen LogP contribution in [0.15, 0.2) is 36.5 Å². The monoisotopic (exact) mass is 258 g/mol. The lowest BCUT2D eigenvalue weighted by atomic mass is 10.1. The molecule has 2 rings (SSSR count). The van der Waals surface area contributed by atoms with Crippen molar-refractivity contribution < 1.29 is 4.79 Å². The van der Waals surface area contributed by atoms with Crippen molar-refractivity contribution in [2.24, 2.45) is 0 Å². The quantitative estimate of drug-likeness (QED) is 0.883. The van der Waals surface area contributed by atoms with E-state index in [0.29, 0.717) is 13.1 Å². The molecule has 2 aromatic rings. The Labute approximate surface area is 112 Å². The zero-order valence-corrected chi connectivity index (χ0v) is 11.2. The van der Waals surface area contributed by atoms with Crippen LogP contribution in [0.1, 0.15) is 12.5 Å². The number of hydrogen-bond acceptors (Lipinski definition) is 2. The summed E-state index contributed by atoms with van der Waals surface area (Å²) in [6.07, 6.45) is 1.73. The maximum atomic E-state index is 11.6. The molecule has 0 fully saturated rings. The van der Waals surface area contributed by atoms with Crippen LogP contribution in [0, 0.1) is 0 Å². The van der Waals surface area contributed by atoms with Crippen molar-refractivity contribution >= 4 is 6.03 Å². The van der Waals surface area contributed by atoms with Gasteiger partial charge in [0.2, 0.25) is 0 Å². The number of carbonyl (C=O) groups is 1. The molecular formula is C14H18N4O. The van der Waals surface area contributed by atoms with E-state index >= 15 is 0 Å². The van der Waals surface area contributed by atoms with Crippen molar-refractivity contribution in [2.45, 2.75) is 13.5 Å². The fourth-order valence-corrected chi connectivity index (χ4v) is 1.68. The third kappa shape index (κ3) is 3.34. The first-order valence-electron chi connectivity index (χ1n) is 6.28. The highest BCUT2D eigenvalue weighted by molar-refractivity contribution is 5.73. The first-order chi connectivity index (χ1) is 9.20.